The monoisotopic (exact) mass is 604 g/mol. The van der Waals surface area contributed by atoms with Crippen LogP contribution in [0.15, 0.2) is 95.2 Å². The van der Waals surface area contributed by atoms with E-state index in [1.165, 1.54) is 30.6 Å². The van der Waals surface area contributed by atoms with Crippen molar-refractivity contribution in [3.63, 3.8) is 0 Å². The Morgan fingerprint density at radius 3 is 2.48 bits per heavy atom. The minimum Gasteiger partial charge on any atom is -0.439 e. The summed E-state index contributed by atoms with van der Waals surface area (Å²) < 4.78 is 36.9. The van der Waals surface area contributed by atoms with Crippen molar-refractivity contribution in [3.05, 3.63) is 96.5 Å². The van der Waals surface area contributed by atoms with E-state index in [4.69, 9.17) is 4.42 Å². The summed E-state index contributed by atoms with van der Waals surface area (Å²) in [5.74, 6) is 0.570. The molecule has 0 saturated heterocycles. The maximum atomic E-state index is 13.8. The van der Waals surface area contributed by atoms with Crippen LogP contribution in [-0.4, -0.2) is 48.9 Å². The first-order valence-corrected chi connectivity index (χ1v) is 17.3. The molecule has 0 saturated carbocycles. The summed E-state index contributed by atoms with van der Waals surface area (Å²) in [4.78, 5) is 4.44. The molecule has 42 heavy (non-hydrogen) atoms. The first kappa shape index (κ1) is 29.6. The largest absolute Gasteiger partial charge is 0.439 e. The van der Waals surface area contributed by atoms with Gasteiger partial charge in [-0.15, -0.1) is 0 Å². The highest BCUT2D eigenvalue weighted by Crippen LogP contribution is 2.55. The molecular weight excluding hydrogens is 569 g/mol. The Balaban J connectivity index is 1.82. The summed E-state index contributed by atoms with van der Waals surface area (Å²) in [7, 11) is -5.29. The predicted molar refractivity (Wildman–Crippen MR) is 174 cm³/mol. The molecule has 0 unspecified atom stereocenters. The zero-order valence-electron chi connectivity index (χ0n) is 24.7. The number of fused-ring (bicyclic) bond motifs is 2. The number of aliphatic hydroxyl groups excluding tert-OH is 1. The average Bonchev–Trinajstić information content (AvgIpc) is 3.70. The normalized spacial score (nSPS) is 13.9. The second-order valence-corrected chi connectivity index (χ2v) is 17.2. The van der Waals surface area contributed by atoms with Crippen LogP contribution in [0.25, 0.3) is 44.4 Å². The van der Waals surface area contributed by atoms with Gasteiger partial charge in [0.1, 0.15) is 12.4 Å². The van der Waals surface area contributed by atoms with Crippen LogP contribution in [0.5, 0.6) is 0 Å². The third-order valence-corrected chi connectivity index (χ3v) is 13.6. The van der Waals surface area contributed by atoms with Gasteiger partial charge in [-0.3, -0.25) is 0 Å². The molecule has 0 atom stereocenters. The summed E-state index contributed by atoms with van der Waals surface area (Å²) >= 11 is 0. The van der Waals surface area contributed by atoms with Gasteiger partial charge in [-0.25, -0.2) is 4.98 Å². The molecule has 0 bridgehead atoms. The lowest BCUT2D eigenvalue weighted by Crippen LogP contribution is -2.27. The molecule has 3 heterocycles. The molecule has 0 spiro atoms. The van der Waals surface area contributed by atoms with Gasteiger partial charge in [-0.1, -0.05) is 51.6 Å². The van der Waals surface area contributed by atoms with Gasteiger partial charge in [0, 0.05) is 27.3 Å². The van der Waals surface area contributed by atoms with Crippen molar-refractivity contribution in [3.8, 4) is 22.6 Å². The summed E-state index contributed by atoms with van der Waals surface area (Å²) in [6.07, 6.45) is 15.8. The number of oxazole rings is 1. The Bertz CT molecular complexity index is 1980. The number of hydrogen-bond acceptors (Lipinski definition) is 6. The van der Waals surface area contributed by atoms with E-state index in [0.717, 1.165) is 26.1 Å². The Morgan fingerprint density at radius 1 is 1.07 bits per heavy atom. The van der Waals surface area contributed by atoms with Gasteiger partial charge in [0.2, 0.25) is 5.89 Å². The van der Waals surface area contributed by atoms with Crippen LogP contribution in [0, 0.1) is 0 Å². The van der Waals surface area contributed by atoms with Crippen LogP contribution in [0.4, 0.5) is 0 Å². The molecule has 0 aliphatic carbocycles. The first-order valence-electron chi connectivity index (χ1n) is 13.5. The van der Waals surface area contributed by atoms with Crippen LogP contribution in [-0.2, 0) is 16.6 Å². The van der Waals surface area contributed by atoms with Gasteiger partial charge in [0.25, 0.3) is 10.0 Å². The van der Waals surface area contributed by atoms with Crippen LogP contribution in [0.3, 0.4) is 0 Å². The maximum Gasteiger partial charge on any atom is 0.283 e. The van der Waals surface area contributed by atoms with Crippen LogP contribution in [0.1, 0.15) is 33.5 Å². The molecule has 0 radical (unpaired) electrons. The predicted octanol–water partition coefficient (Wildman–Crippen LogP) is 7.26. The number of aromatic nitrogens is 4. The lowest BCUT2D eigenvalue weighted by molar-refractivity contribution is 0.248. The van der Waals surface area contributed by atoms with E-state index < -0.39 is 20.2 Å². The molecule has 8 nitrogen and oxygen atoms in total. The second kappa shape index (κ2) is 10.8. The minimum absolute atomic E-state index is 0.0576. The molecule has 5 rings (SSSR count). The number of allylic oxidation sites excluding steroid dienone is 4. The molecule has 2 aromatic carbocycles. The van der Waals surface area contributed by atoms with E-state index in [1.54, 1.807) is 13.0 Å². The fourth-order valence-corrected chi connectivity index (χ4v) is 7.79. The van der Waals surface area contributed by atoms with Gasteiger partial charge in [0.05, 0.1) is 28.3 Å². The molecule has 0 amide bonds. The van der Waals surface area contributed by atoms with Crippen LogP contribution in [0.2, 0.25) is 0 Å². The lowest BCUT2D eigenvalue weighted by Gasteiger charge is -2.46. The van der Waals surface area contributed by atoms with E-state index in [2.05, 4.69) is 72.2 Å². The highest BCUT2D eigenvalue weighted by atomic mass is 32.3. The summed E-state index contributed by atoms with van der Waals surface area (Å²) in [5.41, 5.74) is 3.77. The Morgan fingerprint density at radius 2 is 1.83 bits per heavy atom. The van der Waals surface area contributed by atoms with Crippen molar-refractivity contribution in [2.75, 3.05) is 12.5 Å². The Kier molecular flexibility index (Phi) is 7.59. The SMILES string of the molecule is C=C/C=C(\C=C/C)S(=O)(=O)n1ncc2c(-c3ncc(CO)o3)cc(-c3cccc4c3ccn4S(C)(C)C(C)(C)C)cc21. The van der Waals surface area contributed by atoms with Crippen molar-refractivity contribution in [1.29, 1.82) is 0 Å². The molecular formula is C32H36N4O4S2. The third kappa shape index (κ3) is 4.83. The lowest BCUT2D eigenvalue weighted by atomic mass is 9.97. The van der Waals surface area contributed by atoms with Crippen LogP contribution >= 0.6 is 10.2 Å². The minimum atomic E-state index is -4.06. The number of aliphatic hydroxyl groups is 1. The topological polar surface area (TPSA) is 103 Å². The molecule has 3 aromatic heterocycles. The van der Waals surface area contributed by atoms with E-state index in [0.29, 0.717) is 22.2 Å². The highest BCUT2D eigenvalue weighted by molar-refractivity contribution is 8.32. The maximum absolute atomic E-state index is 13.8. The van der Waals surface area contributed by atoms with E-state index >= 15 is 0 Å². The van der Waals surface area contributed by atoms with Crippen molar-refractivity contribution in [2.45, 2.75) is 39.0 Å². The summed E-state index contributed by atoms with van der Waals surface area (Å²) in [6, 6.07) is 12.1. The van der Waals surface area contributed by atoms with Gasteiger partial charge < -0.3 is 13.5 Å². The van der Waals surface area contributed by atoms with Gasteiger partial charge in [-0.2, -0.15) is 27.8 Å². The molecule has 0 aliphatic heterocycles. The Labute approximate surface area is 248 Å². The Hall–Kier alpha value is -3.86. The molecule has 0 aliphatic rings. The molecule has 1 N–H and O–H groups in total. The van der Waals surface area contributed by atoms with E-state index in [1.807, 2.05) is 24.3 Å². The smallest absolute Gasteiger partial charge is 0.283 e. The summed E-state index contributed by atoms with van der Waals surface area (Å²) in [6.45, 7) is 11.9. The van der Waals surface area contributed by atoms with Gasteiger partial charge in [0.15, 0.2) is 0 Å². The highest BCUT2D eigenvalue weighted by Gasteiger charge is 2.31. The molecule has 5 aromatic rings. The standard InChI is InChI=1S/C32H36N4O4S2/c1-8-11-24(12-9-2)42(38,39)36-30-18-22(17-27(28(30)20-34-36)31-33-19-23(21-37)40-31)25-13-10-14-29-26(25)15-16-35(29)41(6,7)32(3,4)5/h8-20,37H,1,21H2,2-7H3/b12-9-,24-11+. The zero-order chi connectivity index (χ0) is 30.4. The van der Waals surface area contributed by atoms with Crippen molar-refractivity contribution < 1.29 is 17.9 Å². The number of benzene rings is 2. The fraction of sp³-hybridized carbons (Fsp3) is 0.250. The fourth-order valence-electron chi connectivity index (χ4n) is 4.83. The van der Waals surface area contributed by atoms with Gasteiger partial charge in [-0.05, 0) is 67.0 Å². The average molecular weight is 605 g/mol. The molecule has 10 heteroatoms. The quantitative estimate of drug-likeness (QED) is 0.187. The van der Waals surface area contributed by atoms with Crippen molar-refractivity contribution in [2.24, 2.45) is 0 Å². The first-order chi connectivity index (χ1) is 19.8. The van der Waals surface area contributed by atoms with Crippen molar-refractivity contribution in [1.82, 2.24) is 18.1 Å². The van der Waals surface area contributed by atoms with Crippen molar-refractivity contribution >= 4 is 42.0 Å². The number of nitrogens with zero attached hydrogens (tertiary/aromatic N) is 4. The third-order valence-electron chi connectivity index (χ3n) is 7.73. The van der Waals surface area contributed by atoms with E-state index in [-0.39, 0.29) is 22.1 Å². The molecule has 0 fully saturated rings. The number of rotatable bonds is 8. The summed E-state index contributed by atoms with van der Waals surface area (Å²) in [5, 5.41) is 15.5. The number of hydrogen-bond donors (Lipinski definition) is 1. The second-order valence-electron chi connectivity index (χ2n) is 11.3. The molecule has 220 valence electrons. The van der Waals surface area contributed by atoms with Gasteiger partial charge >= 0.3 is 0 Å². The zero-order valence-corrected chi connectivity index (χ0v) is 26.3. The van der Waals surface area contributed by atoms with E-state index in [9.17, 15) is 13.5 Å². The van der Waals surface area contributed by atoms with Crippen LogP contribution < -0.4 is 0 Å².